The second-order valence-corrected chi connectivity index (χ2v) is 10.2. The Hall–Kier alpha value is -2.58. The maximum atomic E-state index is 13.4. The second-order valence-electron chi connectivity index (χ2n) is 8.17. The number of fused-ring (bicyclic) bond motifs is 3. The van der Waals surface area contributed by atoms with Crippen LogP contribution in [-0.2, 0) is 24.2 Å². The number of ether oxygens (including phenoxy) is 1. The summed E-state index contributed by atoms with van der Waals surface area (Å²) >= 11 is 2.89. The number of aryl methyl sites for hydroxylation is 2. The molecule has 1 aliphatic rings. The van der Waals surface area contributed by atoms with Crippen LogP contribution in [0.5, 0.6) is 5.75 Å². The molecule has 0 radical (unpaired) electrons. The maximum absolute atomic E-state index is 13.4. The molecule has 1 N–H and O–H groups in total. The number of hydrogen-bond donors (Lipinski definition) is 1. The summed E-state index contributed by atoms with van der Waals surface area (Å²) in [4.78, 5) is 32.9. The topological polar surface area (TPSA) is 73.2 Å². The minimum absolute atomic E-state index is 0.0368. The van der Waals surface area contributed by atoms with Gasteiger partial charge in [0.2, 0.25) is 5.91 Å². The van der Waals surface area contributed by atoms with Crippen LogP contribution in [0.3, 0.4) is 0 Å². The zero-order valence-corrected chi connectivity index (χ0v) is 20.2. The van der Waals surface area contributed by atoms with Crippen molar-refractivity contribution in [2.75, 3.05) is 18.2 Å². The molecule has 1 amide bonds. The minimum atomic E-state index is -0.183. The maximum Gasteiger partial charge on any atom is 0.263 e. The average Bonchev–Trinajstić information content (AvgIpc) is 3.12. The van der Waals surface area contributed by atoms with Gasteiger partial charge in [-0.1, -0.05) is 30.8 Å². The highest BCUT2D eigenvalue weighted by Crippen LogP contribution is 2.36. The molecule has 32 heavy (non-hydrogen) atoms. The molecule has 2 aromatic heterocycles. The second kappa shape index (κ2) is 9.50. The van der Waals surface area contributed by atoms with Crippen LogP contribution >= 0.6 is 23.1 Å². The first kappa shape index (κ1) is 22.6. The highest BCUT2D eigenvalue weighted by Gasteiger charge is 2.24. The zero-order chi connectivity index (χ0) is 22.8. The third-order valence-corrected chi connectivity index (χ3v) is 7.78. The van der Waals surface area contributed by atoms with Crippen molar-refractivity contribution in [3.8, 4) is 5.75 Å². The predicted octanol–water partition coefficient (Wildman–Crippen LogP) is 4.82. The average molecular weight is 470 g/mol. The predicted molar refractivity (Wildman–Crippen MR) is 132 cm³/mol. The lowest BCUT2D eigenvalue weighted by Crippen LogP contribution is -2.24. The van der Waals surface area contributed by atoms with Crippen molar-refractivity contribution in [1.29, 1.82) is 0 Å². The van der Waals surface area contributed by atoms with Gasteiger partial charge in [-0.25, -0.2) is 4.98 Å². The highest BCUT2D eigenvalue weighted by atomic mass is 32.2. The third-order valence-electron chi connectivity index (χ3n) is 5.65. The van der Waals surface area contributed by atoms with Crippen molar-refractivity contribution in [1.82, 2.24) is 9.55 Å². The first-order valence-corrected chi connectivity index (χ1v) is 12.4. The molecule has 4 rings (SSSR count). The monoisotopic (exact) mass is 469 g/mol. The van der Waals surface area contributed by atoms with E-state index in [9.17, 15) is 9.59 Å². The quantitative estimate of drug-likeness (QED) is 0.305. The number of nitrogens with one attached hydrogen (secondary N) is 1. The van der Waals surface area contributed by atoms with E-state index in [2.05, 4.69) is 18.8 Å². The molecule has 3 aromatic rings. The highest BCUT2D eigenvalue weighted by molar-refractivity contribution is 7.99. The standard InChI is InChI=1S/C24H27N3O3S2/c1-5-10-27-23(29)21-16-8-6-15(3)12-19(16)32-22(21)26-24(27)31-13-20(28)25-17-11-14(2)7-9-18(17)30-4/h5,7,9,11,15H,1,6,8,10,12-13H2,2-4H3,(H,25,28). The Morgan fingerprint density at radius 1 is 1.47 bits per heavy atom. The number of rotatable bonds is 7. The van der Waals surface area contributed by atoms with Crippen LogP contribution in [0.4, 0.5) is 5.69 Å². The SMILES string of the molecule is C=CCn1c(SCC(=O)Nc2cc(C)ccc2OC)nc2sc3c(c2c1=O)CCC(C)C3. The molecule has 2 heterocycles. The number of anilines is 1. The lowest BCUT2D eigenvalue weighted by molar-refractivity contribution is -0.113. The van der Waals surface area contributed by atoms with E-state index in [1.807, 2.05) is 25.1 Å². The number of hydrogen-bond acceptors (Lipinski definition) is 6. The summed E-state index contributed by atoms with van der Waals surface area (Å²) in [6.45, 7) is 8.36. The normalized spacial score (nSPS) is 15.4. The van der Waals surface area contributed by atoms with Gasteiger partial charge in [0.15, 0.2) is 5.16 Å². The van der Waals surface area contributed by atoms with Gasteiger partial charge in [-0.2, -0.15) is 0 Å². The summed E-state index contributed by atoms with van der Waals surface area (Å²) in [6.07, 6.45) is 4.71. The van der Waals surface area contributed by atoms with E-state index < -0.39 is 0 Å². The summed E-state index contributed by atoms with van der Waals surface area (Å²) in [5.74, 6) is 1.18. The number of benzene rings is 1. The number of amides is 1. The van der Waals surface area contributed by atoms with E-state index in [4.69, 9.17) is 9.72 Å². The molecule has 0 saturated carbocycles. The number of thioether (sulfide) groups is 1. The summed E-state index contributed by atoms with van der Waals surface area (Å²) in [5.41, 5.74) is 2.78. The first-order chi connectivity index (χ1) is 15.4. The summed E-state index contributed by atoms with van der Waals surface area (Å²) in [6, 6.07) is 5.63. The van der Waals surface area contributed by atoms with Crippen molar-refractivity contribution >= 4 is 44.9 Å². The number of allylic oxidation sites excluding steroid dienone is 1. The number of aromatic nitrogens is 2. The van der Waals surface area contributed by atoms with Crippen molar-refractivity contribution in [2.24, 2.45) is 5.92 Å². The summed E-state index contributed by atoms with van der Waals surface area (Å²) in [7, 11) is 1.57. The number of carbonyl (C=O) groups is 1. The number of nitrogens with zero attached hydrogens (tertiary/aromatic N) is 2. The minimum Gasteiger partial charge on any atom is -0.495 e. The Labute approximate surface area is 195 Å². The molecule has 168 valence electrons. The van der Waals surface area contributed by atoms with Crippen LogP contribution in [0.15, 0.2) is 40.8 Å². The van der Waals surface area contributed by atoms with Gasteiger partial charge in [-0.3, -0.25) is 14.2 Å². The zero-order valence-electron chi connectivity index (χ0n) is 18.6. The van der Waals surface area contributed by atoms with Gasteiger partial charge >= 0.3 is 0 Å². The van der Waals surface area contributed by atoms with E-state index in [-0.39, 0.29) is 17.2 Å². The fraction of sp³-hybridized carbons (Fsp3) is 0.375. The van der Waals surface area contributed by atoms with Crippen molar-refractivity contribution in [2.45, 2.75) is 44.8 Å². The van der Waals surface area contributed by atoms with Gasteiger partial charge < -0.3 is 10.1 Å². The van der Waals surface area contributed by atoms with Crippen molar-refractivity contribution in [3.63, 3.8) is 0 Å². The Bertz CT molecular complexity index is 1250. The van der Waals surface area contributed by atoms with E-state index in [1.165, 1.54) is 22.2 Å². The Morgan fingerprint density at radius 2 is 2.28 bits per heavy atom. The molecule has 1 atom stereocenters. The Balaban J connectivity index is 1.60. The molecular weight excluding hydrogens is 442 g/mol. The first-order valence-electron chi connectivity index (χ1n) is 10.6. The van der Waals surface area contributed by atoms with Crippen LogP contribution in [0.25, 0.3) is 10.2 Å². The van der Waals surface area contributed by atoms with Gasteiger partial charge in [0.25, 0.3) is 5.56 Å². The van der Waals surface area contributed by atoms with Crippen LogP contribution in [0.1, 0.15) is 29.3 Å². The lowest BCUT2D eigenvalue weighted by Gasteiger charge is -2.17. The molecule has 0 aliphatic heterocycles. The van der Waals surface area contributed by atoms with E-state index >= 15 is 0 Å². The molecule has 1 aliphatic carbocycles. The van der Waals surface area contributed by atoms with Crippen LogP contribution in [0.2, 0.25) is 0 Å². The Morgan fingerprint density at radius 3 is 3.03 bits per heavy atom. The number of methoxy groups -OCH3 is 1. The molecule has 0 fully saturated rings. The largest absolute Gasteiger partial charge is 0.495 e. The molecule has 0 saturated heterocycles. The van der Waals surface area contributed by atoms with Crippen LogP contribution < -0.4 is 15.6 Å². The molecule has 1 aromatic carbocycles. The summed E-state index contributed by atoms with van der Waals surface area (Å²) in [5, 5.41) is 4.19. The third kappa shape index (κ3) is 4.47. The fourth-order valence-corrected chi connectivity index (χ4v) is 6.27. The molecule has 6 nitrogen and oxygen atoms in total. The molecule has 0 bridgehead atoms. The lowest BCUT2D eigenvalue weighted by atomic mass is 9.89. The van der Waals surface area contributed by atoms with E-state index in [1.54, 1.807) is 29.1 Å². The molecule has 1 unspecified atom stereocenters. The van der Waals surface area contributed by atoms with Gasteiger partial charge in [0, 0.05) is 11.4 Å². The fourth-order valence-electron chi connectivity index (χ4n) is 4.04. The van der Waals surface area contributed by atoms with Gasteiger partial charge in [0.05, 0.1) is 23.9 Å². The van der Waals surface area contributed by atoms with Gasteiger partial charge in [0.1, 0.15) is 10.6 Å². The van der Waals surface area contributed by atoms with E-state index in [0.717, 1.165) is 35.0 Å². The van der Waals surface area contributed by atoms with Crippen LogP contribution in [-0.4, -0.2) is 28.3 Å². The van der Waals surface area contributed by atoms with Gasteiger partial charge in [-0.15, -0.1) is 17.9 Å². The number of thiophene rings is 1. The molecule has 0 spiro atoms. The number of carbonyl (C=O) groups excluding carboxylic acids is 1. The molecular formula is C24H27N3O3S2. The van der Waals surface area contributed by atoms with E-state index in [0.29, 0.717) is 29.1 Å². The van der Waals surface area contributed by atoms with Gasteiger partial charge in [-0.05, 0) is 55.4 Å². The molecule has 8 heteroatoms. The van der Waals surface area contributed by atoms with Crippen molar-refractivity contribution in [3.05, 3.63) is 57.2 Å². The smallest absolute Gasteiger partial charge is 0.263 e. The van der Waals surface area contributed by atoms with Crippen molar-refractivity contribution < 1.29 is 9.53 Å². The van der Waals surface area contributed by atoms with Crippen LogP contribution in [0, 0.1) is 12.8 Å². The Kier molecular flexibility index (Phi) is 6.71. The summed E-state index contributed by atoms with van der Waals surface area (Å²) < 4.78 is 6.97.